The molecule has 3 heterocycles. The van der Waals surface area contributed by atoms with Crippen molar-refractivity contribution < 1.29 is 14.0 Å². The number of carbonyl (C=O) groups excluding carboxylic acids is 2. The summed E-state index contributed by atoms with van der Waals surface area (Å²) in [5.41, 5.74) is 5.60. The summed E-state index contributed by atoms with van der Waals surface area (Å²) in [6.45, 7) is 1.91. The van der Waals surface area contributed by atoms with Crippen LogP contribution in [-0.4, -0.2) is 38.4 Å². The molecule has 7 nitrogen and oxygen atoms in total. The number of aromatic nitrogens is 3. The van der Waals surface area contributed by atoms with Crippen molar-refractivity contribution >= 4 is 40.2 Å². The van der Waals surface area contributed by atoms with Gasteiger partial charge in [0.2, 0.25) is 5.91 Å². The summed E-state index contributed by atoms with van der Waals surface area (Å²) in [6.07, 6.45) is 4.14. The highest BCUT2D eigenvalue weighted by Crippen LogP contribution is 2.32. The molecule has 9 heteroatoms. The average Bonchev–Trinajstić information content (AvgIpc) is 3.26. The summed E-state index contributed by atoms with van der Waals surface area (Å²) in [5, 5.41) is 11.5. The lowest BCUT2D eigenvalue weighted by molar-refractivity contribution is -0.113. The third-order valence-corrected chi connectivity index (χ3v) is 7.48. The molecule has 0 bridgehead atoms. The van der Waals surface area contributed by atoms with E-state index in [0.29, 0.717) is 28.8 Å². The van der Waals surface area contributed by atoms with E-state index in [1.54, 1.807) is 22.9 Å². The monoisotopic (exact) mass is 487 g/mol. The van der Waals surface area contributed by atoms with Crippen molar-refractivity contribution in [2.45, 2.75) is 37.1 Å². The van der Waals surface area contributed by atoms with Crippen molar-refractivity contribution in [3.63, 3.8) is 0 Å². The van der Waals surface area contributed by atoms with Gasteiger partial charge in [-0.05, 0) is 74.2 Å². The number of benzene rings is 2. The quantitative estimate of drug-likeness (QED) is 0.452. The van der Waals surface area contributed by atoms with Crippen molar-refractivity contribution in [1.29, 1.82) is 0 Å². The highest BCUT2D eigenvalue weighted by atomic mass is 32.2. The molecule has 2 N–H and O–H groups in total. The van der Waals surface area contributed by atoms with E-state index in [4.69, 9.17) is 5.10 Å². The maximum absolute atomic E-state index is 14.0. The predicted octanol–water partition coefficient (Wildman–Crippen LogP) is 4.20. The van der Waals surface area contributed by atoms with Crippen molar-refractivity contribution in [3.8, 4) is 5.69 Å². The van der Waals surface area contributed by atoms with Gasteiger partial charge in [0, 0.05) is 33.8 Å². The molecule has 0 fully saturated rings. The number of hydrogen-bond acceptors (Lipinski definition) is 5. The van der Waals surface area contributed by atoms with Crippen molar-refractivity contribution in [3.05, 3.63) is 77.0 Å². The number of anilines is 1. The Hall–Kier alpha value is -3.72. The third kappa shape index (κ3) is 4.16. The molecule has 0 radical (unpaired) electrons. The Labute approximate surface area is 205 Å². The number of pyridine rings is 1. The molecule has 1 aliphatic heterocycles. The highest BCUT2D eigenvalue weighted by molar-refractivity contribution is 8.00. The van der Waals surface area contributed by atoms with Crippen LogP contribution in [0.15, 0.2) is 53.6 Å². The zero-order chi connectivity index (χ0) is 24.1. The number of hydrogen-bond donors (Lipinski definition) is 2. The van der Waals surface area contributed by atoms with Gasteiger partial charge < -0.3 is 10.6 Å². The van der Waals surface area contributed by atoms with Crippen LogP contribution in [0.4, 0.5) is 10.1 Å². The Balaban J connectivity index is 1.23. The molecule has 2 aliphatic rings. The van der Waals surface area contributed by atoms with E-state index < -0.39 is 0 Å². The molecule has 35 heavy (non-hydrogen) atoms. The Bertz CT molecular complexity index is 1520. The number of thioether (sulfide) groups is 1. The fraction of sp³-hybridized carbons (Fsp3) is 0.231. The molecule has 2 aromatic carbocycles. The van der Waals surface area contributed by atoms with Crippen LogP contribution >= 0.6 is 11.8 Å². The minimum Gasteiger partial charge on any atom is -0.349 e. The van der Waals surface area contributed by atoms with Crippen LogP contribution in [0.1, 0.15) is 33.7 Å². The van der Waals surface area contributed by atoms with E-state index in [1.165, 1.54) is 23.9 Å². The molecule has 4 aromatic rings. The Morgan fingerprint density at radius 3 is 3.00 bits per heavy atom. The SMILES string of the molecule is Cc1cc(-n2cc3c(n2)CCC(NC(=O)c2ccc4c(c2)NC(=O)CS4)C3)c2cc(F)ccc2n1. The van der Waals surface area contributed by atoms with Gasteiger partial charge >= 0.3 is 0 Å². The molecule has 0 spiro atoms. The van der Waals surface area contributed by atoms with Crippen LogP contribution in [0.2, 0.25) is 0 Å². The summed E-state index contributed by atoms with van der Waals surface area (Å²) in [4.78, 5) is 30.1. The number of amides is 2. The molecular weight excluding hydrogens is 465 g/mol. The highest BCUT2D eigenvalue weighted by Gasteiger charge is 2.25. The van der Waals surface area contributed by atoms with Crippen LogP contribution in [0.5, 0.6) is 0 Å². The second kappa shape index (κ2) is 8.49. The second-order valence-electron chi connectivity index (χ2n) is 8.95. The van der Waals surface area contributed by atoms with E-state index >= 15 is 0 Å². The first kappa shape index (κ1) is 21.8. The normalized spacial score (nSPS) is 17.0. The Kier molecular flexibility index (Phi) is 5.29. The van der Waals surface area contributed by atoms with Gasteiger partial charge in [0.1, 0.15) is 5.82 Å². The van der Waals surface area contributed by atoms with Crippen molar-refractivity contribution in [2.75, 3.05) is 11.1 Å². The smallest absolute Gasteiger partial charge is 0.251 e. The van der Waals surface area contributed by atoms with E-state index in [-0.39, 0.29) is 23.7 Å². The van der Waals surface area contributed by atoms with Crippen LogP contribution in [0, 0.1) is 12.7 Å². The molecule has 1 aliphatic carbocycles. The zero-order valence-electron chi connectivity index (χ0n) is 19.0. The van der Waals surface area contributed by atoms with Gasteiger partial charge in [-0.3, -0.25) is 14.6 Å². The fourth-order valence-electron chi connectivity index (χ4n) is 4.74. The van der Waals surface area contributed by atoms with Gasteiger partial charge in [0.15, 0.2) is 0 Å². The van der Waals surface area contributed by atoms with Gasteiger partial charge in [-0.25, -0.2) is 9.07 Å². The van der Waals surface area contributed by atoms with E-state index in [0.717, 1.165) is 45.9 Å². The summed E-state index contributed by atoms with van der Waals surface area (Å²) >= 11 is 1.47. The van der Waals surface area contributed by atoms with Gasteiger partial charge in [-0.2, -0.15) is 5.10 Å². The van der Waals surface area contributed by atoms with Gasteiger partial charge in [-0.1, -0.05) is 0 Å². The first-order valence-corrected chi connectivity index (χ1v) is 12.4. The van der Waals surface area contributed by atoms with Gasteiger partial charge in [0.05, 0.1) is 28.3 Å². The molecule has 2 aromatic heterocycles. The summed E-state index contributed by atoms with van der Waals surface area (Å²) in [6, 6.07) is 11.9. The lowest BCUT2D eigenvalue weighted by Gasteiger charge is -2.23. The lowest BCUT2D eigenvalue weighted by atomic mass is 9.93. The molecule has 2 amide bonds. The van der Waals surface area contributed by atoms with E-state index in [1.807, 2.05) is 25.3 Å². The van der Waals surface area contributed by atoms with Crippen LogP contribution < -0.4 is 10.6 Å². The fourth-order valence-corrected chi connectivity index (χ4v) is 5.53. The third-order valence-electron chi connectivity index (χ3n) is 6.41. The molecular formula is C26H22FN5O2S. The minimum absolute atomic E-state index is 0.0268. The Morgan fingerprint density at radius 2 is 2.11 bits per heavy atom. The first-order chi connectivity index (χ1) is 16.9. The van der Waals surface area contributed by atoms with E-state index in [2.05, 4.69) is 15.6 Å². The number of nitrogens with one attached hydrogen (secondary N) is 2. The number of carbonyl (C=O) groups is 2. The summed E-state index contributed by atoms with van der Waals surface area (Å²) in [7, 11) is 0. The predicted molar refractivity (Wildman–Crippen MR) is 133 cm³/mol. The van der Waals surface area contributed by atoms with Crippen LogP contribution in [0.3, 0.4) is 0 Å². The number of rotatable bonds is 3. The number of aryl methyl sites for hydroxylation is 2. The minimum atomic E-state index is -0.315. The Morgan fingerprint density at radius 1 is 1.23 bits per heavy atom. The first-order valence-electron chi connectivity index (χ1n) is 11.5. The number of fused-ring (bicyclic) bond motifs is 3. The maximum Gasteiger partial charge on any atom is 0.251 e. The lowest BCUT2D eigenvalue weighted by Crippen LogP contribution is -2.38. The summed E-state index contributed by atoms with van der Waals surface area (Å²) in [5.74, 6) is -0.147. The number of halogens is 1. The maximum atomic E-state index is 14.0. The topological polar surface area (TPSA) is 88.9 Å². The molecule has 176 valence electrons. The molecule has 6 rings (SSSR count). The van der Waals surface area contributed by atoms with Gasteiger partial charge in [-0.15, -0.1) is 11.8 Å². The van der Waals surface area contributed by atoms with Crippen LogP contribution in [0.25, 0.3) is 16.6 Å². The molecule has 0 saturated heterocycles. The molecule has 1 unspecified atom stereocenters. The zero-order valence-corrected chi connectivity index (χ0v) is 19.8. The number of nitrogens with zero attached hydrogens (tertiary/aromatic N) is 3. The second-order valence-corrected chi connectivity index (χ2v) is 9.97. The van der Waals surface area contributed by atoms with E-state index in [9.17, 15) is 14.0 Å². The standard InChI is InChI=1S/C26H22FN5O2S/c1-14-8-23(19-11-17(27)3-5-21(19)28-14)32-12-16-9-18(4-6-20(16)31-32)29-26(34)15-2-7-24-22(10-15)30-25(33)13-35-24/h2-3,5,7-8,10-12,18H,4,6,9,13H2,1H3,(H,29,34)(H,30,33). The van der Waals surface area contributed by atoms with Crippen molar-refractivity contribution in [1.82, 2.24) is 20.1 Å². The van der Waals surface area contributed by atoms with Crippen LogP contribution in [-0.2, 0) is 17.6 Å². The van der Waals surface area contributed by atoms with Gasteiger partial charge in [0.25, 0.3) is 5.91 Å². The largest absolute Gasteiger partial charge is 0.349 e. The summed E-state index contributed by atoms with van der Waals surface area (Å²) < 4.78 is 15.8. The molecule has 1 atom stereocenters. The average molecular weight is 488 g/mol. The van der Waals surface area contributed by atoms with Crippen molar-refractivity contribution in [2.24, 2.45) is 0 Å². The molecule has 0 saturated carbocycles.